The van der Waals surface area contributed by atoms with E-state index in [9.17, 15) is 4.79 Å². The molecule has 0 saturated carbocycles. The maximum atomic E-state index is 12.7. The van der Waals surface area contributed by atoms with E-state index in [4.69, 9.17) is 4.74 Å². The highest BCUT2D eigenvalue weighted by molar-refractivity contribution is 6.04. The lowest BCUT2D eigenvalue weighted by Gasteiger charge is -2.31. The zero-order chi connectivity index (χ0) is 20.1. The van der Waals surface area contributed by atoms with Crippen molar-refractivity contribution in [3.8, 4) is 11.5 Å². The van der Waals surface area contributed by atoms with Crippen molar-refractivity contribution in [2.24, 2.45) is 5.92 Å². The van der Waals surface area contributed by atoms with Gasteiger partial charge >= 0.3 is 0 Å². The normalized spacial score (nSPS) is 16.3. The summed E-state index contributed by atoms with van der Waals surface area (Å²) >= 11 is 0. The van der Waals surface area contributed by atoms with Crippen LogP contribution in [0.3, 0.4) is 0 Å². The average Bonchev–Trinajstić information content (AvgIpc) is 2.76. The summed E-state index contributed by atoms with van der Waals surface area (Å²) in [6, 6.07) is 20.6. The molecular formula is C24H25N3O2. The number of pyridine rings is 1. The lowest BCUT2D eigenvalue weighted by atomic mass is 10.0. The van der Waals surface area contributed by atoms with E-state index in [0.29, 0.717) is 11.5 Å². The van der Waals surface area contributed by atoms with Crippen LogP contribution in [0.2, 0.25) is 0 Å². The SMILES string of the molecule is CC1CCCN(c2cc(C(=O)Nc3ccc(Oc4ccccc4)cc3)ccn2)C1. The number of rotatable bonds is 5. The van der Waals surface area contributed by atoms with Crippen LogP contribution in [0.15, 0.2) is 72.9 Å². The molecule has 1 aromatic heterocycles. The number of aromatic nitrogens is 1. The maximum Gasteiger partial charge on any atom is 0.255 e. The van der Waals surface area contributed by atoms with Crippen LogP contribution in [0, 0.1) is 5.92 Å². The average molecular weight is 387 g/mol. The van der Waals surface area contributed by atoms with Gasteiger partial charge in [-0.05, 0) is 67.3 Å². The number of hydrogen-bond donors (Lipinski definition) is 1. The molecule has 0 spiro atoms. The van der Waals surface area contributed by atoms with Gasteiger partial charge in [0.1, 0.15) is 17.3 Å². The molecule has 2 aromatic carbocycles. The van der Waals surface area contributed by atoms with Crippen LogP contribution in [-0.2, 0) is 0 Å². The number of piperidine rings is 1. The first-order valence-corrected chi connectivity index (χ1v) is 10.0. The number of carbonyl (C=O) groups excluding carboxylic acids is 1. The van der Waals surface area contributed by atoms with Gasteiger partial charge in [0.05, 0.1) is 0 Å². The number of benzene rings is 2. The van der Waals surface area contributed by atoms with Crippen LogP contribution in [0.4, 0.5) is 11.5 Å². The lowest BCUT2D eigenvalue weighted by Crippen LogP contribution is -2.34. The molecule has 1 aliphatic rings. The fourth-order valence-corrected chi connectivity index (χ4v) is 3.56. The second-order valence-corrected chi connectivity index (χ2v) is 7.49. The highest BCUT2D eigenvalue weighted by Crippen LogP contribution is 2.24. The van der Waals surface area contributed by atoms with Crippen molar-refractivity contribution in [2.45, 2.75) is 19.8 Å². The van der Waals surface area contributed by atoms with Crippen LogP contribution in [-0.4, -0.2) is 24.0 Å². The number of nitrogens with one attached hydrogen (secondary N) is 1. The summed E-state index contributed by atoms with van der Waals surface area (Å²) in [5.74, 6) is 2.88. The third-order valence-corrected chi connectivity index (χ3v) is 5.08. The van der Waals surface area contributed by atoms with Crippen LogP contribution in [0.5, 0.6) is 11.5 Å². The first kappa shape index (κ1) is 19.0. The van der Waals surface area contributed by atoms with Gasteiger partial charge in [-0.2, -0.15) is 0 Å². The van der Waals surface area contributed by atoms with Crippen molar-refractivity contribution >= 4 is 17.4 Å². The molecular weight excluding hydrogens is 362 g/mol. The predicted molar refractivity (Wildman–Crippen MR) is 116 cm³/mol. The molecule has 2 heterocycles. The monoisotopic (exact) mass is 387 g/mol. The maximum absolute atomic E-state index is 12.7. The van der Waals surface area contributed by atoms with E-state index in [-0.39, 0.29) is 5.91 Å². The Labute approximate surface area is 171 Å². The van der Waals surface area contributed by atoms with E-state index in [0.717, 1.165) is 42.5 Å². The minimum atomic E-state index is -0.143. The third-order valence-electron chi connectivity index (χ3n) is 5.08. The van der Waals surface area contributed by atoms with E-state index in [1.165, 1.54) is 6.42 Å². The Morgan fingerprint density at radius 2 is 1.83 bits per heavy atom. The van der Waals surface area contributed by atoms with Crippen LogP contribution >= 0.6 is 0 Å². The second-order valence-electron chi connectivity index (χ2n) is 7.49. The third kappa shape index (κ3) is 4.93. The summed E-state index contributed by atoms with van der Waals surface area (Å²) in [7, 11) is 0. The Kier molecular flexibility index (Phi) is 5.75. The number of carbonyl (C=O) groups is 1. The first-order valence-electron chi connectivity index (χ1n) is 10.0. The standard InChI is InChI=1S/C24H25N3O2/c1-18-6-5-15-27(17-18)23-16-19(13-14-25-23)24(28)26-20-9-11-22(12-10-20)29-21-7-3-2-4-8-21/h2-4,7-14,16,18H,5-6,15,17H2,1H3,(H,26,28). The van der Waals surface area contributed by atoms with Gasteiger partial charge in [0.2, 0.25) is 0 Å². The molecule has 1 amide bonds. The smallest absolute Gasteiger partial charge is 0.255 e. The number of para-hydroxylation sites is 1. The molecule has 1 aliphatic heterocycles. The zero-order valence-corrected chi connectivity index (χ0v) is 16.5. The summed E-state index contributed by atoms with van der Waals surface area (Å²) in [6.45, 7) is 4.24. The van der Waals surface area contributed by atoms with Crippen molar-refractivity contribution in [3.63, 3.8) is 0 Å². The summed E-state index contributed by atoms with van der Waals surface area (Å²) in [5, 5.41) is 2.95. The Balaban J connectivity index is 1.41. The fourth-order valence-electron chi connectivity index (χ4n) is 3.56. The molecule has 3 aromatic rings. The van der Waals surface area contributed by atoms with Crippen molar-refractivity contribution in [1.82, 2.24) is 4.98 Å². The van der Waals surface area contributed by atoms with Gasteiger partial charge in [0.25, 0.3) is 5.91 Å². The molecule has 1 fully saturated rings. The predicted octanol–water partition coefficient (Wildman–Crippen LogP) is 5.36. The van der Waals surface area contributed by atoms with Crippen molar-refractivity contribution in [1.29, 1.82) is 0 Å². The molecule has 5 heteroatoms. The highest BCUT2D eigenvalue weighted by atomic mass is 16.5. The van der Waals surface area contributed by atoms with E-state index in [1.54, 1.807) is 12.3 Å². The molecule has 1 saturated heterocycles. The Morgan fingerprint density at radius 3 is 2.59 bits per heavy atom. The van der Waals surface area contributed by atoms with E-state index in [2.05, 4.69) is 22.1 Å². The van der Waals surface area contributed by atoms with Gasteiger partial charge in [-0.3, -0.25) is 4.79 Å². The fraction of sp³-hybridized carbons (Fsp3) is 0.250. The van der Waals surface area contributed by atoms with Crippen molar-refractivity contribution in [3.05, 3.63) is 78.5 Å². The zero-order valence-electron chi connectivity index (χ0n) is 16.5. The van der Waals surface area contributed by atoms with Gasteiger partial charge in [-0.25, -0.2) is 4.98 Å². The molecule has 1 unspecified atom stereocenters. The summed E-state index contributed by atoms with van der Waals surface area (Å²) in [4.78, 5) is 19.4. The molecule has 0 bridgehead atoms. The Bertz CT molecular complexity index is 957. The van der Waals surface area contributed by atoms with E-state index >= 15 is 0 Å². The molecule has 0 radical (unpaired) electrons. The minimum absolute atomic E-state index is 0.143. The summed E-state index contributed by atoms with van der Waals surface area (Å²) < 4.78 is 5.79. The minimum Gasteiger partial charge on any atom is -0.457 e. The van der Waals surface area contributed by atoms with Gasteiger partial charge in [0.15, 0.2) is 0 Å². The van der Waals surface area contributed by atoms with Gasteiger partial charge in [0, 0.05) is 30.5 Å². The number of ether oxygens (including phenoxy) is 1. The van der Waals surface area contributed by atoms with Crippen LogP contribution in [0.25, 0.3) is 0 Å². The largest absolute Gasteiger partial charge is 0.457 e. The van der Waals surface area contributed by atoms with Crippen molar-refractivity contribution < 1.29 is 9.53 Å². The van der Waals surface area contributed by atoms with Crippen LogP contribution in [0.1, 0.15) is 30.1 Å². The molecule has 29 heavy (non-hydrogen) atoms. The van der Waals surface area contributed by atoms with Gasteiger partial charge in [-0.15, -0.1) is 0 Å². The quantitative estimate of drug-likeness (QED) is 0.640. The van der Waals surface area contributed by atoms with Crippen molar-refractivity contribution in [2.75, 3.05) is 23.3 Å². The van der Waals surface area contributed by atoms with Gasteiger partial charge in [-0.1, -0.05) is 25.1 Å². The summed E-state index contributed by atoms with van der Waals surface area (Å²) in [6.07, 6.45) is 4.12. The van der Waals surface area contributed by atoms with E-state index in [1.807, 2.05) is 60.7 Å². The Hall–Kier alpha value is -3.34. The van der Waals surface area contributed by atoms with E-state index < -0.39 is 0 Å². The highest BCUT2D eigenvalue weighted by Gasteiger charge is 2.18. The number of hydrogen-bond acceptors (Lipinski definition) is 4. The first-order chi connectivity index (χ1) is 14.2. The Morgan fingerprint density at radius 1 is 1.07 bits per heavy atom. The molecule has 0 aliphatic carbocycles. The number of amides is 1. The molecule has 1 atom stereocenters. The topological polar surface area (TPSA) is 54.5 Å². The number of nitrogens with zero attached hydrogens (tertiary/aromatic N) is 2. The lowest BCUT2D eigenvalue weighted by molar-refractivity contribution is 0.102. The summed E-state index contributed by atoms with van der Waals surface area (Å²) in [5.41, 5.74) is 1.33. The van der Waals surface area contributed by atoms with Crippen LogP contribution < -0.4 is 15.0 Å². The molecule has 4 rings (SSSR count). The molecule has 1 N–H and O–H groups in total. The van der Waals surface area contributed by atoms with Gasteiger partial charge < -0.3 is 15.0 Å². The number of anilines is 2. The second kappa shape index (κ2) is 8.78. The molecule has 5 nitrogen and oxygen atoms in total. The molecule has 148 valence electrons.